The quantitative estimate of drug-likeness (QED) is 0.222. The second kappa shape index (κ2) is 36.2. The van der Waals surface area contributed by atoms with E-state index in [2.05, 4.69) is 0 Å². The number of nitrogens with zero attached hydrogens (tertiary/aromatic N) is 5. The smallest absolute Gasteiger partial charge is 0.356 e. The summed E-state index contributed by atoms with van der Waals surface area (Å²) in [5.41, 5.74) is 0. The van der Waals surface area contributed by atoms with Crippen molar-refractivity contribution in [1.29, 1.82) is 0 Å². The first-order chi connectivity index (χ1) is 8.66. The van der Waals surface area contributed by atoms with Crippen molar-refractivity contribution in [2.45, 2.75) is 0 Å². The Morgan fingerprint density at radius 1 is 0.364 bits per heavy atom. The third-order valence-corrected chi connectivity index (χ3v) is 0. The van der Waals surface area contributed by atoms with Crippen LogP contribution in [0.2, 0.25) is 0 Å². The van der Waals surface area contributed by atoms with E-state index in [0.717, 1.165) is 0 Å². The molecule has 0 spiro atoms. The van der Waals surface area contributed by atoms with Gasteiger partial charge in [0.2, 0.25) is 0 Å². The van der Waals surface area contributed by atoms with Crippen LogP contribution in [-0.2, 0) is 0 Å². The second-order valence-corrected chi connectivity index (χ2v) is 1.12. The van der Waals surface area contributed by atoms with Gasteiger partial charge >= 0.3 is 40.5 Å². The van der Waals surface area contributed by atoms with E-state index in [9.17, 15) is 0 Å². The second-order valence-electron chi connectivity index (χ2n) is 1.12. The van der Waals surface area contributed by atoms with Gasteiger partial charge in [0.05, 0.1) is 25.4 Å². The molecule has 22 heteroatoms. The van der Waals surface area contributed by atoms with E-state index in [0.29, 0.717) is 0 Å². The predicted molar refractivity (Wildman–Crippen MR) is 57.6 cm³/mol. The van der Waals surface area contributed by atoms with Crippen LogP contribution in [0.4, 0.5) is 0 Å². The minimum absolute atomic E-state index is 0. The summed E-state index contributed by atoms with van der Waals surface area (Å²) < 4.78 is 0. The van der Waals surface area contributed by atoms with Gasteiger partial charge in [-0.3, -0.25) is 0 Å². The van der Waals surface area contributed by atoms with Crippen LogP contribution < -0.4 is 29.6 Å². The topological polar surface area (TPSA) is 331 Å². The van der Waals surface area contributed by atoms with Gasteiger partial charge in [0.25, 0.3) is 0 Å². The minimum atomic E-state index is -1.75. The number of rotatable bonds is 0. The normalized spacial score (nSPS) is 5.45. The van der Waals surface area contributed by atoms with Crippen LogP contribution in [0.5, 0.6) is 0 Å². The molecule has 0 radical (unpaired) electrons. The summed E-state index contributed by atoms with van der Waals surface area (Å²) in [6.45, 7) is 0. The molecule has 0 aromatic rings. The Balaban J connectivity index is -0.0000000250. The summed E-state index contributed by atoms with van der Waals surface area (Å²) in [6.07, 6.45) is 0. The molecular formula is N5NaO15Si. The van der Waals surface area contributed by atoms with Crippen molar-refractivity contribution in [1.82, 2.24) is 0 Å². The third kappa shape index (κ3) is 585. The molecule has 0 bridgehead atoms. The van der Waals surface area contributed by atoms with Crippen LogP contribution in [0.1, 0.15) is 0 Å². The van der Waals surface area contributed by atoms with Gasteiger partial charge < -0.3 is 76.6 Å². The standard InChI is InChI=1S/5NO3.Na.Si/c5*2-1(3)4;;/q5*-1;+1;+4. The first-order valence-electron chi connectivity index (χ1n) is 2.74. The molecular weight excluding hydrogens is 361 g/mol. The van der Waals surface area contributed by atoms with Gasteiger partial charge in [-0.25, -0.2) is 0 Å². The molecule has 0 aliphatic rings. The van der Waals surface area contributed by atoms with E-state index in [1.54, 1.807) is 0 Å². The molecule has 0 heterocycles. The van der Waals surface area contributed by atoms with Gasteiger partial charge in [-0.15, -0.1) is 0 Å². The van der Waals surface area contributed by atoms with E-state index in [-0.39, 0.29) is 40.5 Å². The Hall–Kier alpha value is -2.78. The van der Waals surface area contributed by atoms with Crippen molar-refractivity contribution in [3.8, 4) is 0 Å². The molecule has 0 amide bonds. The molecule has 120 valence electrons. The minimum Gasteiger partial charge on any atom is -0.356 e. The van der Waals surface area contributed by atoms with E-state index in [4.69, 9.17) is 76.6 Å². The molecule has 0 aliphatic heterocycles. The molecule has 0 aliphatic carbocycles. The maximum absolute atomic E-state index is 8.25. The average Bonchev–Trinajstić information content (AvgIpc) is 1.94. The Bertz CT molecular complexity index is 213. The monoisotopic (exact) mass is 361 g/mol. The van der Waals surface area contributed by atoms with Gasteiger partial charge in [0, 0.05) is 0 Å². The fourth-order valence-electron chi connectivity index (χ4n) is 0. The SMILES string of the molecule is O=[N+]([O-])[O-].O=[N+]([O-])[O-].O=[N+]([O-])[O-].O=[N+]([O-])[O-].O=[N+]([O-])[O-].[Na+].[Si+4]. The summed E-state index contributed by atoms with van der Waals surface area (Å²) in [7, 11) is 0. The van der Waals surface area contributed by atoms with Gasteiger partial charge in [-0.1, -0.05) is 0 Å². The Labute approximate surface area is 143 Å². The first kappa shape index (κ1) is 42.7. The predicted octanol–water partition coefficient (Wildman–Crippen LogP) is -4.57. The van der Waals surface area contributed by atoms with Crippen molar-refractivity contribution in [3.05, 3.63) is 76.6 Å². The van der Waals surface area contributed by atoms with Crippen LogP contribution in [0, 0.1) is 76.6 Å². The van der Waals surface area contributed by atoms with Gasteiger partial charge in [0.1, 0.15) is 0 Å². The van der Waals surface area contributed by atoms with Crippen molar-refractivity contribution >= 4 is 11.0 Å². The van der Waals surface area contributed by atoms with E-state index >= 15 is 0 Å². The average molecular weight is 361 g/mol. The molecule has 0 rings (SSSR count). The van der Waals surface area contributed by atoms with E-state index < -0.39 is 25.4 Å². The van der Waals surface area contributed by atoms with Crippen LogP contribution in [0.3, 0.4) is 0 Å². The molecule has 0 atom stereocenters. The summed E-state index contributed by atoms with van der Waals surface area (Å²) in [5, 5.41) is 73.8. The zero-order valence-electron chi connectivity index (χ0n) is 9.86. The Morgan fingerprint density at radius 3 is 0.364 bits per heavy atom. The van der Waals surface area contributed by atoms with Crippen LogP contribution in [-0.4, -0.2) is 36.4 Å². The van der Waals surface area contributed by atoms with E-state index in [1.165, 1.54) is 0 Å². The number of hydrogen-bond donors (Lipinski definition) is 0. The molecule has 0 N–H and O–H groups in total. The van der Waals surface area contributed by atoms with Crippen LogP contribution in [0.15, 0.2) is 0 Å². The molecule has 0 saturated heterocycles. The van der Waals surface area contributed by atoms with Crippen LogP contribution in [0.25, 0.3) is 0 Å². The molecule has 0 saturated carbocycles. The van der Waals surface area contributed by atoms with Crippen LogP contribution >= 0.6 is 0 Å². The zero-order chi connectivity index (χ0) is 17.9. The molecule has 22 heavy (non-hydrogen) atoms. The van der Waals surface area contributed by atoms with Crippen molar-refractivity contribution in [2.75, 3.05) is 0 Å². The number of hydrogen-bond acceptors (Lipinski definition) is 15. The molecule has 0 aromatic heterocycles. The maximum Gasteiger partial charge on any atom is 4.00 e. The van der Waals surface area contributed by atoms with Crippen molar-refractivity contribution in [2.24, 2.45) is 0 Å². The van der Waals surface area contributed by atoms with Crippen molar-refractivity contribution < 1.29 is 55.0 Å². The van der Waals surface area contributed by atoms with E-state index in [1.807, 2.05) is 0 Å². The third-order valence-electron chi connectivity index (χ3n) is 0. The van der Waals surface area contributed by atoms with Gasteiger partial charge in [-0.05, 0) is 0 Å². The van der Waals surface area contributed by atoms with Gasteiger partial charge in [0.15, 0.2) is 0 Å². The fourth-order valence-corrected chi connectivity index (χ4v) is 0. The molecule has 0 fully saturated rings. The first-order valence-corrected chi connectivity index (χ1v) is 2.74. The fraction of sp³-hybridized carbons (Fsp3) is 0. The molecule has 0 unspecified atom stereocenters. The Kier molecular flexibility index (Phi) is 70.3. The molecule has 20 nitrogen and oxygen atoms in total. The summed E-state index contributed by atoms with van der Waals surface area (Å²) >= 11 is 0. The van der Waals surface area contributed by atoms with Crippen molar-refractivity contribution in [3.63, 3.8) is 0 Å². The zero-order valence-corrected chi connectivity index (χ0v) is 12.9. The molecule has 0 aromatic carbocycles. The summed E-state index contributed by atoms with van der Waals surface area (Å²) in [5.74, 6) is 0. The van der Waals surface area contributed by atoms with Gasteiger partial charge in [-0.2, -0.15) is 0 Å². The Morgan fingerprint density at radius 2 is 0.364 bits per heavy atom. The summed E-state index contributed by atoms with van der Waals surface area (Å²) in [6, 6.07) is 0. The summed E-state index contributed by atoms with van der Waals surface area (Å²) in [4.78, 5) is 41.2. The largest absolute Gasteiger partial charge is 4.00 e. The maximum atomic E-state index is 8.25.